The number of hydrogen-bond acceptors (Lipinski definition) is 8. The van der Waals surface area contributed by atoms with Gasteiger partial charge >= 0.3 is 17.9 Å². The summed E-state index contributed by atoms with van der Waals surface area (Å²) in [6, 6.07) is 0. The molecule has 0 aliphatic carbocycles. The lowest BCUT2D eigenvalue weighted by atomic mass is 10.1. The van der Waals surface area contributed by atoms with Gasteiger partial charge in [0.2, 0.25) is 0 Å². The van der Waals surface area contributed by atoms with E-state index in [0.717, 1.165) is 22.7 Å². The fraction of sp³-hybridized carbons (Fsp3) is 0.571. The molecule has 0 saturated carbocycles. The first-order chi connectivity index (χ1) is 9.80. The van der Waals surface area contributed by atoms with Crippen LogP contribution in [0.4, 0.5) is 0 Å². The van der Waals surface area contributed by atoms with Crippen LogP contribution in [0.15, 0.2) is 0 Å². The molecule has 2 N–H and O–H groups in total. The Labute approximate surface area is 136 Å². The molecule has 0 fully saturated rings. The molecule has 1 aromatic heterocycles. The zero-order chi connectivity index (χ0) is 17.3. The molecule has 8 heteroatoms. The number of rotatable bonds is 2. The average Bonchev–Trinajstić information content (AvgIpc) is 2.15. The van der Waals surface area contributed by atoms with Gasteiger partial charge in [0.25, 0.3) is 0 Å². The van der Waals surface area contributed by atoms with E-state index in [2.05, 4.69) is 0 Å². The standard InChI is InChI=1S/C14H20O6S2/c1-13(2,3)19-9(17)7(10(18)20-14(4,5)6)11-21-12(22-11)8(15)16/h15-16H,1-6H3. The monoisotopic (exact) mass is 348 g/mol. The van der Waals surface area contributed by atoms with Gasteiger partial charge in [-0.25, -0.2) is 9.59 Å². The van der Waals surface area contributed by atoms with Gasteiger partial charge in [-0.1, -0.05) is 0 Å². The Morgan fingerprint density at radius 3 is 1.45 bits per heavy atom. The molecule has 0 aromatic carbocycles. The number of aliphatic hydroxyl groups is 2. The number of aliphatic hydroxyl groups excluding tert-OH is 1. The number of ether oxygens (including phenoxy) is 2. The molecular weight excluding hydrogens is 328 g/mol. The largest absolute Gasteiger partial charge is 0.479 e. The van der Waals surface area contributed by atoms with Crippen LogP contribution in [-0.4, -0.2) is 33.4 Å². The summed E-state index contributed by atoms with van der Waals surface area (Å²) in [4.78, 5) is 24.5. The van der Waals surface area contributed by atoms with Gasteiger partial charge < -0.3 is 19.7 Å². The van der Waals surface area contributed by atoms with Crippen molar-refractivity contribution in [2.45, 2.75) is 52.7 Å². The van der Waals surface area contributed by atoms with Crippen LogP contribution in [-0.2, 0) is 19.1 Å². The molecule has 0 aliphatic heterocycles. The van der Waals surface area contributed by atoms with Crippen LogP contribution in [0.3, 0.4) is 0 Å². The van der Waals surface area contributed by atoms with Crippen LogP contribution in [0, 0.1) is 0 Å². The first kappa shape index (κ1) is 18.5. The second kappa shape index (κ2) is 6.29. The second-order valence-electron chi connectivity index (χ2n) is 6.48. The van der Waals surface area contributed by atoms with E-state index in [9.17, 15) is 9.59 Å². The Kier molecular flexibility index (Phi) is 5.30. The number of esters is 2. The molecule has 0 aliphatic rings. The molecule has 0 bridgehead atoms. The molecule has 0 spiro atoms. The molecule has 0 atom stereocenters. The van der Waals surface area contributed by atoms with Crippen molar-refractivity contribution in [3.05, 3.63) is 7.69 Å². The molecule has 1 aromatic rings. The highest BCUT2D eigenvalue weighted by atomic mass is 32.2. The van der Waals surface area contributed by atoms with Crippen molar-refractivity contribution in [1.82, 2.24) is 0 Å². The fourth-order valence-electron chi connectivity index (χ4n) is 1.28. The fourth-order valence-corrected chi connectivity index (χ4v) is 3.10. The third-order valence-electron chi connectivity index (χ3n) is 1.96. The van der Waals surface area contributed by atoms with Crippen molar-refractivity contribution in [2.24, 2.45) is 0 Å². The zero-order valence-corrected chi connectivity index (χ0v) is 15.0. The first-order valence-electron chi connectivity index (χ1n) is 6.49. The molecule has 0 amide bonds. The summed E-state index contributed by atoms with van der Waals surface area (Å²) < 4.78 is 11.0. The van der Waals surface area contributed by atoms with Gasteiger partial charge in [0, 0.05) is 0 Å². The lowest BCUT2D eigenvalue weighted by Crippen LogP contribution is -2.34. The Morgan fingerprint density at radius 2 is 1.18 bits per heavy atom. The maximum Gasteiger partial charge on any atom is 0.348 e. The Morgan fingerprint density at radius 1 is 0.818 bits per heavy atom. The van der Waals surface area contributed by atoms with Gasteiger partial charge in [-0.15, -0.1) is 22.7 Å². The minimum atomic E-state index is -0.841. The predicted molar refractivity (Wildman–Crippen MR) is 85.2 cm³/mol. The van der Waals surface area contributed by atoms with Gasteiger partial charge in [0.05, 0.1) is 0 Å². The second-order valence-corrected chi connectivity index (χ2v) is 9.04. The van der Waals surface area contributed by atoms with E-state index in [1.165, 1.54) is 0 Å². The van der Waals surface area contributed by atoms with Gasteiger partial charge in [0.1, 0.15) is 15.0 Å². The van der Waals surface area contributed by atoms with Crippen LogP contribution in [0.25, 0.3) is 11.5 Å². The van der Waals surface area contributed by atoms with Gasteiger partial charge in [0.15, 0.2) is 9.42 Å². The molecule has 1 heterocycles. The molecular formula is C14H20O6S2. The van der Waals surface area contributed by atoms with Crippen LogP contribution >= 0.6 is 22.7 Å². The van der Waals surface area contributed by atoms with Gasteiger partial charge in [-0.2, -0.15) is 0 Å². The van der Waals surface area contributed by atoms with E-state index in [-0.39, 0.29) is 9.42 Å². The lowest BCUT2D eigenvalue weighted by molar-refractivity contribution is -0.154. The van der Waals surface area contributed by atoms with Gasteiger partial charge in [-0.3, -0.25) is 0 Å². The smallest absolute Gasteiger partial charge is 0.348 e. The van der Waals surface area contributed by atoms with Crippen molar-refractivity contribution in [2.75, 3.05) is 0 Å². The Balaban J connectivity index is 3.29. The van der Waals surface area contributed by atoms with Crippen LogP contribution < -0.4 is 7.69 Å². The summed E-state index contributed by atoms with van der Waals surface area (Å²) in [5.41, 5.74) is -1.76. The molecule has 22 heavy (non-hydrogen) atoms. The van der Waals surface area contributed by atoms with Crippen LogP contribution in [0.2, 0.25) is 0 Å². The number of carbonyl (C=O) groups excluding carboxylic acids is 2. The highest BCUT2D eigenvalue weighted by molar-refractivity contribution is 7.36. The SMILES string of the molecule is CC(C)(C)OC(=O)C(C(=O)OC(C)(C)C)=c1sc(=C(O)O)s1. The highest BCUT2D eigenvalue weighted by Crippen LogP contribution is 2.16. The summed E-state index contributed by atoms with van der Waals surface area (Å²) in [5.74, 6) is -2.44. The van der Waals surface area contributed by atoms with Crippen LogP contribution in [0.5, 0.6) is 0 Å². The van der Waals surface area contributed by atoms with E-state index in [0.29, 0.717) is 3.85 Å². The minimum absolute atomic E-state index is 0.208. The van der Waals surface area contributed by atoms with Crippen molar-refractivity contribution in [1.29, 1.82) is 0 Å². The third kappa shape index (κ3) is 5.34. The van der Waals surface area contributed by atoms with E-state index in [4.69, 9.17) is 19.7 Å². The predicted octanol–water partition coefficient (Wildman–Crippen LogP) is 1.83. The summed E-state index contributed by atoms with van der Waals surface area (Å²) in [5, 5.41) is 17.9. The lowest BCUT2D eigenvalue weighted by Gasteiger charge is -2.23. The summed E-state index contributed by atoms with van der Waals surface area (Å²) in [6.07, 6.45) is 0. The maximum absolute atomic E-state index is 12.2. The van der Waals surface area contributed by atoms with E-state index in [1.54, 1.807) is 41.5 Å². The van der Waals surface area contributed by atoms with E-state index < -0.39 is 29.1 Å². The molecule has 0 radical (unpaired) electrons. The van der Waals surface area contributed by atoms with E-state index >= 15 is 0 Å². The quantitative estimate of drug-likeness (QED) is 0.626. The zero-order valence-electron chi connectivity index (χ0n) is 13.3. The summed E-state index contributed by atoms with van der Waals surface area (Å²) in [7, 11) is 0. The number of hydrogen-bond donors (Lipinski definition) is 2. The molecule has 0 unspecified atom stereocenters. The average molecular weight is 348 g/mol. The summed E-state index contributed by atoms with van der Waals surface area (Å²) >= 11 is 1.84. The first-order valence-corrected chi connectivity index (χ1v) is 8.12. The van der Waals surface area contributed by atoms with E-state index in [1.807, 2.05) is 0 Å². The molecule has 124 valence electrons. The van der Waals surface area contributed by atoms with Crippen molar-refractivity contribution < 1.29 is 29.3 Å². The topological polar surface area (TPSA) is 93.1 Å². The molecule has 6 nitrogen and oxygen atoms in total. The molecule has 0 saturated heterocycles. The number of carbonyl (C=O) groups is 2. The maximum atomic E-state index is 12.2. The van der Waals surface area contributed by atoms with Crippen LogP contribution in [0.1, 0.15) is 41.5 Å². The Bertz CT molecular complexity index is 629. The third-order valence-corrected chi connectivity index (χ3v) is 4.48. The van der Waals surface area contributed by atoms with Crippen molar-refractivity contribution >= 4 is 46.1 Å². The van der Waals surface area contributed by atoms with Crippen molar-refractivity contribution in [3.63, 3.8) is 0 Å². The van der Waals surface area contributed by atoms with Crippen molar-refractivity contribution in [3.8, 4) is 0 Å². The Hall–Kier alpha value is -1.54. The highest BCUT2D eigenvalue weighted by Gasteiger charge is 2.31. The molecule has 1 rings (SSSR count). The van der Waals surface area contributed by atoms with Gasteiger partial charge in [-0.05, 0) is 41.5 Å². The summed E-state index contributed by atoms with van der Waals surface area (Å²) in [6.45, 7) is 10.1. The minimum Gasteiger partial charge on any atom is -0.479 e. The normalized spacial score (nSPS) is 11.9.